The highest BCUT2D eigenvalue weighted by atomic mass is 32.1. The minimum Gasteiger partial charge on any atom is -0.384 e. The van der Waals surface area contributed by atoms with Crippen LogP contribution in [0.2, 0.25) is 0 Å². The van der Waals surface area contributed by atoms with Crippen LogP contribution in [-0.2, 0) is 5.60 Å². The van der Waals surface area contributed by atoms with E-state index >= 15 is 0 Å². The maximum Gasteiger partial charge on any atom is 0.319 e. The molecule has 20 heavy (non-hydrogen) atoms. The van der Waals surface area contributed by atoms with Crippen molar-refractivity contribution in [2.75, 3.05) is 11.9 Å². The largest absolute Gasteiger partial charge is 0.384 e. The second kappa shape index (κ2) is 6.02. The molecule has 2 aromatic rings. The molecule has 1 heterocycles. The lowest BCUT2D eigenvalue weighted by atomic mass is 9.99. The predicted octanol–water partition coefficient (Wildman–Crippen LogP) is 2.92. The summed E-state index contributed by atoms with van der Waals surface area (Å²) in [7, 11) is 0. The van der Waals surface area contributed by atoms with Crippen LogP contribution >= 0.6 is 11.3 Å². The van der Waals surface area contributed by atoms with Crippen molar-refractivity contribution in [2.24, 2.45) is 0 Å². The Kier molecular flexibility index (Phi) is 4.36. The molecule has 1 aromatic carbocycles. The molecule has 0 bridgehead atoms. The van der Waals surface area contributed by atoms with Crippen molar-refractivity contribution in [3.63, 3.8) is 0 Å². The summed E-state index contributed by atoms with van der Waals surface area (Å²) in [5.41, 5.74) is 0.115. The first kappa shape index (κ1) is 14.5. The minimum absolute atomic E-state index is 0.0801. The lowest BCUT2D eigenvalue weighted by Crippen LogP contribution is -2.40. The molecule has 0 spiro atoms. The molecule has 0 fully saturated rings. The van der Waals surface area contributed by atoms with E-state index < -0.39 is 11.6 Å². The lowest BCUT2D eigenvalue weighted by molar-refractivity contribution is 0.0604. The van der Waals surface area contributed by atoms with E-state index in [4.69, 9.17) is 0 Å². The second-order valence-corrected chi connectivity index (χ2v) is 5.38. The number of halogens is 1. The Balaban J connectivity index is 1.88. The second-order valence-electron chi connectivity index (χ2n) is 4.60. The van der Waals surface area contributed by atoms with Gasteiger partial charge >= 0.3 is 6.03 Å². The van der Waals surface area contributed by atoms with Crippen LogP contribution < -0.4 is 10.6 Å². The van der Waals surface area contributed by atoms with Crippen molar-refractivity contribution in [3.05, 3.63) is 52.5 Å². The zero-order chi connectivity index (χ0) is 14.6. The monoisotopic (exact) mass is 294 g/mol. The Morgan fingerprint density at radius 2 is 2.05 bits per heavy atom. The van der Waals surface area contributed by atoms with Crippen molar-refractivity contribution in [2.45, 2.75) is 12.5 Å². The summed E-state index contributed by atoms with van der Waals surface area (Å²) in [6.45, 7) is 1.71. The van der Waals surface area contributed by atoms with E-state index in [-0.39, 0.29) is 12.4 Å². The van der Waals surface area contributed by atoms with E-state index in [9.17, 15) is 14.3 Å². The fourth-order valence-corrected chi connectivity index (χ4v) is 2.42. The van der Waals surface area contributed by atoms with Crippen LogP contribution in [0.1, 0.15) is 12.5 Å². The van der Waals surface area contributed by atoms with Crippen molar-refractivity contribution in [3.8, 4) is 0 Å². The van der Waals surface area contributed by atoms with Crippen LogP contribution in [0, 0.1) is 5.82 Å². The molecule has 6 heteroatoms. The topological polar surface area (TPSA) is 61.4 Å². The molecular weight excluding hydrogens is 279 g/mol. The summed E-state index contributed by atoms with van der Waals surface area (Å²) in [6, 6.07) is 6.81. The van der Waals surface area contributed by atoms with E-state index in [2.05, 4.69) is 10.6 Å². The SMILES string of the molecule is CC(O)(CNC(=O)Nc1ccc(F)cc1)c1ccsc1. The van der Waals surface area contributed by atoms with Gasteiger partial charge in [0.15, 0.2) is 0 Å². The molecule has 0 aliphatic rings. The first-order valence-corrected chi connectivity index (χ1v) is 6.97. The van der Waals surface area contributed by atoms with Gasteiger partial charge in [0.1, 0.15) is 11.4 Å². The Hall–Kier alpha value is -1.92. The quantitative estimate of drug-likeness (QED) is 0.812. The summed E-state index contributed by atoms with van der Waals surface area (Å²) < 4.78 is 12.7. The van der Waals surface area contributed by atoms with Gasteiger partial charge in [0, 0.05) is 5.69 Å². The third-order valence-corrected chi connectivity index (χ3v) is 3.52. The minimum atomic E-state index is -1.12. The van der Waals surface area contributed by atoms with Crippen LogP contribution in [0.15, 0.2) is 41.1 Å². The summed E-state index contributed by atoms with van der Waals surface area (Å²) in [6.07, 6.45) is 0. The van der Waals surface area contributed by atoms with Gasteiger partial charge in [-0.2, -0.15) is 11.3 Å². The summed E-state index contributed by atoms with van der Waals surface area (Å²) in [4.78, 5) is 11.7. The molecule has 4 nitrogen and oxygen atoms in total. The fourth-order valence-electron chi connectivity index (χ4n) is 1.63. The number of benzene rings is 1. The molecule has 1 aromatic heterocycles. The van der Waals surface area contributed by atoms with Crippen molar-refractivity contribution >= 4 is 23.1 Å². The molecule has 0 radical (unpaired) electrons. The van der Waals surface area contributed by atoms with Crippen molar-refractivity contribution in [1.82, 2.24) is 5.32 Å². The number of carbonyl (C=O) groups excluding carboxylic acids is 1. The number of hydrogen-bond donors (Lipinski definition) is 3. The average Bonchev–Trinajstić information content (AvgIpc) is 2.94. The number of rotatable bonds is 4. The molecule has 0 saturated carbocycles. The zero-order valence-corrected chi connectivity index (χ0v) is 11.7. The maximum atomic E-state index is 12.7. The van der Waals surface area contributed by atoms with Gasteiger partial charge in [0.05, 0.1) is 6.54 Å². The number of hydrogen-bond acceptors (Lipinski definition) is 3. The summed E-state index contributed by atoms with van der Waals surface area (Å²) in [5, 5.41) is 19.1. The first-order chi connectivity index (χ1) is 9.47. The van der Waals surface area contributed by atoms with E-state index in [1.165, 1.54) is 35.6 Å². The highest BCUT2D eigenvalue weighted by Crippen LogP contribution is 2.22. The number of carbonyl (C=O) groups is 1. The highest BCUT2D eigenvalue weighted by molar-refractivity contribution is 7.08. The fraction of sp³-hybridized carbons (Fsp3) is 0.214. The maximum absolute atomic E-state index is 12.7. The van der Waals surface area contributed by atoms with E-state index in [1.807, 2.05) is 16.8 Å². The van der Waals surface area contributed by atoms with Crippen molar-refractivity contribution in [1.29, 1.82) is 0 Å². The van der Waals surface area contributed by atoms with Crippen LogP contribution in [0.25, 0.3) is 0 Å². The number of anilines is 1. The number of amides is 2. The van der Waals surface area contributed by atoms with Gasteiger partial charge in [0.25, 0.3) is 0 Å². The van der Waals surface area contributed by atoms with Crippen LogP contribution in [-0.4, -0.2) is 17.7 Å². The van der Waals surface area contributed by atoms with E-state index in [0.717, 1.165) is 5.56 Å². The standard InChI is InChI=1S/C14H15FN2O2S/c1-14(19,10-6-7-20-8-10)9-16-13(18)17-12-4-2-11(15)3-5-12/h2-8,19H,9H2,1H3,(H2,16,17,18). The average molecular weight is 294 g/mol. The first-order valence-electron chi connectivity index (χ1n) is 6.03. The number of nitrogens with one attached hydrogen (secondary N) is 2. The molecule has 3 N–H and O–H groups in total. The van der Waals surface area contributed by atoms with Gasteiger partial charge in [-0.3, -0.25) is 0 Å². The predicted molar refractivity (Wildman–Crippen MR) is 77.3 cm³/mol. The van der Waals surface area contributed by atoms with Gasteiger partial charge in [0.2, 0.25) is 0 Å². The van der Waals surface area contributed by atoms with Gasteiger partial charge in [-0.25, -0.2) is 9.18 Å². The van der Waals surface area contributed by atoms with Crippen LogP contribution in [0.3, 0.4) is 0 Å². The normalized spacial score (nSPS) is 13.6. The third-order valence-electron chi connectivity index (χ3n) is 2.84. The third kappa shape index (κ3) is 3.79. The summed E-state index contributed by atoms with van der Waals surface area (Å²) >= 11 is 1.48. The molecule has 106 valence electrons. The van der Waals surface area contributed by atoms with E-state index in [0.29, 0.717) is 5.69 Å². The molecule has 2 rings (SSSR count). The Morgan fingerprint density at radius 1 is 1.35 bits per heavy atom. The van der Waals surface area contributed by atoms with Gasteiger partial charge in [-0.05, 0) is 53.6 Å². The Labute approximate surface area is 120 Å². The van der Waals surface area contributed by atoms with Crippen LogP contribution in [0.5, 0.6) is 0 Å². The molecule has 2 amide bonds. The molecule has 1 atom stereocenters. The summed E-state index contributed by atoms with van der Waals surface area (Å²) in [5.74, 6) is -0.364. The van der Waals surface area contributed by atoms with Gasteiger partial charge in [-0.15, -0.1) is 0 Å². The molecular formula is C14H15FN2O2S. The zero-order valence-electron chi connectivity index (χ0n) is 10.9. The van der Waals surface area contributed by atoms with Crippen molar-refractivity contribution < 1.29 is 14.3 Å². The number of urea groups is 1. The van der Waals surface area contributed by atoms with Gasteiger partial charge in [-0.1, -0.05) is 0 Å². The molecule has 0 aliphatic carbocycles. The number of aliphatic hydroxyl groups is 1. The Morgan fingerprint density at radius 3 is 2.65 bits per heavy atom. The van der Waals surface area contributed by atoms with Crippen LogP contribution in [0.4, 0.5) is 14.9 Å². The molecule has 0 saturated heterocycles. The molecule has 0 aliphatic heterocycles. The smallest absolute Gasteiger partial charge is 0.319 e. The van der Waals surface area contributed by atoms with E-state index in [1.54, 1.807) is 6.92 Å². The number of thiophene rings is 1. The van der Waals surface area contributed by atoms with Gasteiger partial charge < -0.3 is 15.7 Å². The lowest BCUT2D eigenvalue weighted by Gasteiger charge is -2.22. The Bertz CT molecular complexity index is 567. The molecule has 1 unspecified atom stereocenters. The highest BCUT2D eigenvalue weighted by Gasteiger charge is 2.24.